The van der Waals surface area contributed by atoms with Crippen LogP contribution in [0.25, 0.3) is 0 Å². The molecule has 0 bridgehead atoms. The highest BCUT2D eigenvalue weighted by Crippen LogP contribution is 2.29. The third-order valence-electron chi connectivity index (χ3n) is 2.82. The molecule has 1 N–H and O–H groups in total. The van der Waals surface area contributed by atoms with Crippen molar-refractivity contribution >= 4 is 43.2 Å². The molecule has 0 saturated carbocycles. The smallest absolute Gasteiger partial charge is 0.101 e. The van der Waals surface area contributed by atoms with Gasteiger partial charge in [-0.05, 0) is 55.3 Å². The van der Waals surface area contributed by atoms with Crippen LogP contribution in [0.5, 0.6) is 0 Å². The summed E-state index contributed by atoms with van der Waals surface area (Å²) in [6, 6.07) is 11.9. The van der Waals surface area contributed by atoms with Gasteiger partial charge in [-0.25, -0.2) is 0 Å². The van der Waals surface area contributed by atoms with E-state index >= 15 is 0 Å². The highest BCUT2D eigenvalue weighted by Gasteiger charge is 2.06. The van der Waals surface area contributed by atoms with Crippen LogP contribution in [0.4, 0.5) is 11.4 Å². The van der Waals surface area contributed by atoms with Crippen molar-refractivity contribution in [1.82, 2.24) is 0 Å². The van der Waals surface area contributed by atoms with E-state index in [9.17, 15) is 0 Å². The second kappa shape index (κ2) is 5.77. The Morgan fingerprint density at radius 1 is 1.05 bits per heavy atom. The van der Waals surface area contributed by atoms with Crippen LogP contribution in [0.15, 0.2) is 39.3 Å². The molecule has 0 amide bonds. The van der Waals surface area contributed by atoms with Crippen LogP contribution in [0, 0.1) is 25.2 Å². The van der Waals surface area contributed by atoms with E-state index in [4.69, 9.17) is 5.26 Å². The Balaban J connectivity index is 2.40. The van der Waals surface area contributed by atoms with Gasteiger partial charge >= 0.3 is 0 Å². The fourth-order valence-electron chi connectivity index (χ4n) is 1.89. The average Bonchev–Trinajstić information content (AvgIpc) is 2.38. The molecule has 0 fully saturated rings. The quantitative estimate of drug-likeness (QED) is 0.753. The number of nitriles is 1. The van der Waals surface area contributed by atoms with Crippen molar-refractivity contribution in [1.29, 1.82) is 5.26 Å². The van der Waals surface area contributed by atoms with Gasteiger partial charge in [-0.3, -0.25) is 0 Å². The van der Waals surface area contributed by atoms with Crippen LogP contribution < -0.4 is 5.32 Å². The summed E-state index contributed by atoms with van der Waals surface area (Å²) in [5.41, 5.74) is 4.74. The van der Waals surface area contributed by atoms with E-state index in [1.165, 1.54) is 0 Å². The lowest BCUT2D eigenvalue weighted by Gasteiger charge is -2.12. The maximum atomic E-state index is 9.16. The summed E-state index contributed by atoms with van der Waals surface area (Å²) in [7, 11) is 0. The second-order valence-electron chi connectivity index (χ2n) is 4.35. The molecular formula is C15H12Br2N2. The van der Waals surface area contributed by atoms with E-state index in [0.717, 1.165) is 31.4 Å². The third kappa shape index (κ3) is 3.17. The summed E-state index contributed by atoms with van der Waals surface area (Å²) in [4.78, 5) is 0. The Bertz CT molecular complexity index is 649. The first kappa shape index (κ1) is 14.1. The van der Waals surface area contributed by atoms with Gasteiger partial charge in [-0.2, -0.15) is 5.26 Å². The van der Waals surface area contributed by atoms with Crippen LogP contribution in [0.2, 0.25) is 0 Å². The largest absolute Gasteiger partial charge is 0.354 e. The molecule has 0 aliphatic rings. The highest BCUT2D eigenvalue weighted by molar-refractivity contribution is 9.10. The zero-order chi connectivity index (χ0) is 14.0. The molecule has 0 aromatic heterocycles. The normalized spacial score (nSPS) is 10.1. The summed E-state index contributed by atoms with van der Waals surface area (Å²) < 4.78 is 2.02. The summed E-state index contributed by atoms with van der Waals surface area (Å²) in [5.74, 6) is 0. The molecule has 96 valence electrons. The molecule has 19 heavy (non-hydrogen) atoms. The Hall–Kier alpha value is -1.31. The first-order valence-electron chi connectivity index (χ1n) is 5.74. The highest BCUT2D eigenvalue weighted by atomic mass is 79.9. The summed E-state index contributed by atoms with van der Waals surface area (Å²) in [6.07, 6.45) is 0. The van der Waals surface area contributed by atoms with Crippen molar-refractivity contribution in [2.24, 2.45) is 0 Å². The van der Waals surface area contributed by atoms with Crippen LogP contribution in [0.3, 0.4) is 0 Å². The first-order chi connectivity index (χ1) is 9.01. The number of nitrogens with zero attached hydrogens (tertiary/aromatic N) is 1. The Labute approximate surface area is 129 Å². The Morgan fingerprint density at radius 2 is 1.68 bits per heavy atom. The number of hydrogen-bond donors (Lipinski definition) is 1. The number of rotatable bonds is 2. The van der Waals surface area contributed by atoms with Crippen LogP contribution in [0.1, 0.15) is 16.7 Å². The zero-order valence-corrected chi connectivity index (χ0v) is 13.8. The van der Waals surface area contributed by atoms with Crippen molar-refractivity contribution in [3.05, 3.63) is 56.0 Å². The average molecular weight is 380 g/mol. The Morgan fingerprint density at radius 3 is 2.26 bits per heavy atom. The molecule has 2 rings (SSSR count). The summed E-state index contributed by atoms with van der Waals surface area (Å²) in [5, 5.41) is 12.5. The molecule has 0 heterocycles. The fraction of sp³-hybridized carbons (Fsp3) is 0.133. The molecule has 2 nitrogen and oxygen atoms in total. The SMILES string of the molecule is Cc1cc(Nc2ccc(Br)cc2C#N)cc(C)c1Br. The van der Waals surface area contributed by atoms with Gasteiger partial charge in [0.25, 0.3) is 0 Å². The Kier molecular flexibility index (Phi) is 4.28. The van der Waals surface area contributed by atoms with Crippen LogP contribution in [-0.2, 0) is 0 Å². The molecular weight excluding hydrogens is 368 g/mol. The maximum absolute atomic E-state index is 9.16. The number of benzene rings is 2. The number of anilines is 2. The van der Waals surface area contributed by atoms with Crippen molar-refractivity contribution in [3.8, 4) is 6.07 Å². The molecule has 0 atom stereocenters. The number of halogens is 2. The van der Waals surface area contributed by atoms with E-state index in [-0.39, 0.29) is 0 Å². The molecule has 2 aromatic carbocycles. The minimum Gasteiger partial charge on any atom is -0.354 e. The van der Waals surface area contributed by atoms with Gasteiger partial charge in [0.1, 0.15) is 6.07 Å². The lowest BCUT2D eigenvalue weighted by molar-refractivity contribution is 1.33. The van der Waals surface area contributed by atoms with Gasteiger partial charge in [0, 0.05) is 14.6 Å². The maximum Gasteiger partial charge on any atom is 0.101 e. The van der Waals surface area contributed by atoms with Gasteiger partial charge in [-0.15, -0.1) is 0 Å². The fourth-order valence-corrected chi connectivity index (χ4v) is 2.48. The molecule has 0 unspecified atom stereocenters. The van der Waals surface area contributed by atoms with Crippen molar-refractivity contribution in [2.75, 3.05) is 5.32 Å². The van der Waals surface area contributed by atoms with Gasteiger partial charge in [0.15, 0.2) is 0 Å². The minimum absolute atomic E-state index is 0.618. The van der Waals surface area contributed by atoms with Gasteiger partial charge in [0.2, 0.25) is 0 Å². The van der Waals surface area contributed by atoms with E-state index in [1.807, 2.05) is 12.1 Å². The van der Waals surface area contributed by atoms with Crippen molar-refractivity contribution in [3.63, 3.8) is 0 Å². The standard InChI is InChI=1S/C15H12Br2N2/c1-9-5-13(6-10(2)15(9)17)19-14-4-3-12(16)7-11(14)8-18/h3-7,19H,1-2H3. The molecule has 0 spiro atoms. The summed E-state index contributed by atoms with van der Waals surface area (Å²) >= 11 is 6.92. The number of hydrogen-bond acceptors (Lipinski definition) is 2. The molecule has 0 aliphatic carbocycles. The molecule has 0 saturated heterocycles. The monoisotopic (exact) mass is 378 g/mol. The lowest BCUT2D eigenvalue weighted by atomic mass is 10.1. The second-order valence-corrected chi connectivity index (χ2v) is 6.06. The third-order valence-corrected chi connectivity index (χ3v) is 4.56. The van der Waals surface area contributed by atoms with Gasteiger partial charge in [-0.1, -0.05) is 31.9 Å². The predicted molar refractivity (Wildman–Crippen MR) is 85.8 cm³/mol. The van der Waals surface area contributed by atoms with E-state index < -0.39 is 0 Å². The van der Waals surface area contributed by atoms with E-state index in [0.29, 0.717) is 5.56 Å². The first-order valence-corrected chi connectivity index (χ1v) is 7.33. The van der Waals surface area contributed by atoms with Crippen molar-refractivity contribution in [2.45, 2.75) is 13.8 Å². The van der Waals surface area contributed by atoms with Gasteiger partial charge in [0.05, 0.1) is 11.3 Å². The van der Waals surface area contributed by atoms with Crippen LogP contribution >= 0.6 is 31.9 Å². The lowest BCUT2D eigenvalue weighted by Crippen LogP contribution is -1.95. The molecule has 2 aromatic rings. The number of nitrogens with one attached hydrogen (secondary N) is 1. The molecule has 0 radical (unpaired) electrons. The number of aryl methyl sites for hydroxylation is 2. The topological polar surface area (TPSA) is 35.8 Å². The van der Waals surface area contributed by atoms with E-state index in [1.54, 1.807) is 6.07 Å². The minimum atomic E-state index is 0.618. The summed E-state index contributed by atoms with van der Waals surface area (Å²) in [6.45, 7) is 4.10. The predicted octanol–water partition coefficient (Wildman–Crippen LogP) is 5.44. The van der Waals surface area contributed by atoms with Crippen LogP contribution in [-0.4, -0.2) is 0 Å². The molecule has 4 heteroatoms. The van der Waals surface area contributed by atoms with Crippen molar-refractivity contribution < 1.29 is 0 Å². The van der Waals surface area contributed by atoms with E-state index in [2.05, 4.69) is 69.2 Å². The molecule has 0 aliphatic heterocycles. The zero-order valence-electron chi connectivity index (χ0n) is 10.6. The van der Waals surface area contributed by atoms with Gasteiger partial charge < -0.3 is 5.32 Å².